The van der Waals surface area contributed by atoms with Crippen LogP contribution in [0.1, 0.15) is 6.92 Å². The van der Waals surface area contributed by atoms with E-state index < -0.39 is 12.1 Å². The summed E-state index contributed by atoms with van der Waals surface area (Å²) in [7, 11) is 1.54. The molecule has 1 atom stereocenters. The summed E-state index contributed by atoms with van der Waals surface area (Å²) in [6, 6.07) is -0.850. The zero-order valence-corrected chi connectivity index (χ0v) is 6.98. The standard InChI is InChI=1S/C7H10N2O3/c1-5-6(11)9(3-4-10)7(12)8(5)2/h4-5H,3H2,1-2H3. The molecule has 1 saturated heterocycles. The summed E-state index contributed by atoms with van der Waals surface area (Å²) in [5.74, 6) is -0.311. The van der Waals surface area contributed by atoms with E-state index in [1.54, 1.807) is 6.92 Å². The van der Waals surface area contributed by atoms with Crippen LogP contribution in [-0.4, -0.2) is 47.7 Å². The molecule has 1 aliphatic heterocycles. The van der Waals surface area contributed by atoms with Crippen molar-refractivity contribution in [1.29, 1.82) is 0 Å². The van der Waals surface area contributed by atoms with E-state index in [-0.39, 0.29) is 12.5 Å². The average molecular weight is 170 g/mol. The van der Waals surface area contributed by atoms with E-state index in [0.717, 1.165) is 4.90 Å². The van der Waals surface area contributed by atoms with Gasteiger partial charge in [0.1, 0.15) is 12.3 Å². The number of nitrogens with zero attached hydrogens (tertiary/aromatic N) is 2. The van der Waals surface area contributed by atoms with Gasteiger partial charge in [-0.1, -0.05) is 0 Å². The minimum atomic E-state index is -0.447. The van der Waals surface area contributed by atoms with Gasteiger partial charge >= 0.3 is 6.03 Å². The number of imide groups is 1. The number of hydrogen-bond acceptors (Lipinski definition) is 3. The molecule has 5 heteroatoms. The summed E-state index contributed by atoms with van der Waals surface area (Å²) in [6.07, 6.45) is 0.543. The van der Waals surface area contributed by atoms with Gasteiger partial charge in [0.05, 0.1) is 6.54 Å². The van der Waals surface area contributed by atoms with Crippen molar-refractivity contribution in [3.05, 3.63) is 0 Å². The highest BCUT2D eigenvalue weighted by Crippen LogP contribution is 2.13. The molecule has 1 rings (SSSR count). The van der Waals surface area contributed by atoms with Crippen molar-refractivity contribution < 1.29 is 14.4 Å². The fourth-order valence-corrected chi connectivity index (χ4v) is 1.08. The Labute approximate surface area is 69.9 Å². The van der Waals surface area contributed by atoms with Gasteiger partial charge < -0.3 is 9.69 Å². The van der Waals surface area contributed by atoms with Crippen LogP contribution in [0.25, 0.3) is 0 Å². The summed E-state index contributed by atoms with van der Waals surface area (Å²) in [5.41, 5.74) is 0. The van der Waals surface area contributed by atoms with Gasteiger partial charge in [0.2, 0.25) is 0 Å². The maximum Gasteiger partial charge on any atom is 0.327 e. The lowest BCUT2D eigenvalue weighted by atomic mass is 10.3. The molecule has 1 fully saturated rings. The molecule has 0 aromatic carbocycles. The molecule has 0 saturated carbocycles. The van der Waals surface area contributed by atoms with Crippen molar-refractivity contribution >= 4 is 18.2 Å². The van der Waals surface area contributed by atoms with Crippen molar-refractivity contribution in [1.82, 2.24) is 9.80 Å². The Hall–Kier alpha value is -1.39. The molecule has 5 nitrogen and oxygen atoms in total. The third-order valence-electron chi connectivity index (χ3n) is 1.99. The molecule has 1 unspecified atom stereocenters. The van der Waals surface area contributed by atoms with E-state index >= 15 is 0 Å². The van der Waals surface area contributed by atoms with Gasteiger partial charge in [-0.05, 0) is 6.92 Å². The molecule has 0 aliphatic carbocycles. The van der Waals surface area contributed by atoms with E-state index in [4.69, 9.17) is 0 Å². The number of likely N-dealkylation sites (N-methyl/N-ethyl adjacent to an activating group) is 1. The highest BCUT2D eigenvalue weighted by atomic mass is 16.2. The lowest BCUT2D eigenvalue weighted by Crippen LogP contribution is -2.33. The first-order valence-corrected chi connectivity index (χ1v) is 3.61. The number of carbonyl (C=O) groups is 3. The first kappa shape index (κ1) is 8.70. The Morgan fingerprint density at radius 3 is 2.42 bits per heavy atom. The summed E-state index contributed by atoms with van der Waals surface area (Å²) in [6.45, 7) is 1.48. The molecular weight excluding hydrogens is 160 g/mol. The van der Waals surface area contributed by atoms with Crippen molar-refractivity contribution in [2.45, 2.75) is 13.0 Å². The van der Waals surface area contributed by atoms with Gasteiger partial charge in [0, 0.05) is 7.05 Å². The number of carbonyl (C=O) groups excluding carboxylic acids is 3. The minimum absolute atomic E-state index is 0.146. The third kappa shape index (κ3) is 1.07. The molecule has 0 spiro atoms. The number of rotatable bonds is 2. The van der Waals surface area contributed by atoms with Crippen LogP contribution in [0.2, 0.25) is 0 Å². The fourth-order valence-electron chi connectivity index (χ4n) is 1.08. The third-order valence-corrected chi connectivity index (χ3v) is 1.99. The lowest BCUT2D eigenvalue weighted by molar-refractivity contribution is -0.129. The van der Waals surface area contributed by atoms with E-state index in [1.165, 1.54) is 11.9 Å². The molecule has 0 N–H and O–H groups in total. The molecule has 0 aromatic heterocycles. The second-order valence-corrected chi connectivity index (χ2v) is 2.68. The SMILES string of the molecule is CC1C(=O)N(CC=O)C(=O)N1C. The molecule has 0 radical (unpaired) electrons. The molecule has 66 valence electrons. The second kappa shape index (κ2) is 2.92. The Morgan fingerprint density at radius 2 is 2.08 bits per heavy atom. The van der Waals surface area contributed by atoms with Crippen molar-refractivity contribution in [2.75, 3.05) is 13.6 Å². The van der Waals surface area contributed by atoms with Crippen LogP contribution in [0, 0.1) is 0 Å². The number of hydrogen-bond donors (Lipinski definition) is 0. The summed E-state index contributed by atoms with van der Waals surface area (Å²) >= 11 is 0. The number of aldehydes is 1. The smallest absolute Gasteiger partial charge is 0.316 e. The maximum atomic E-state index is 11.2. The van der Waals surface area contributed by atoms with Crippen LogP contribution in [0.5, 0.6) is 0 Å². The monoisotopic (exact) mass is 170 g/mol. The quantitative estimate of drug-likeness (QED) is 0.413. The minimum Gasteiger partial charge on any atom is -0.316 e. The van der Waals surface area contributed by atoms with Crippen LogP contribution >= 0.6 is 0 Å². The molecule has 0 aromatic rings. The van der Waals surface area contributed by atoms with Crippen molar-refractivity contribution in [3.63, 3.8) is 0 Å². The first-order valence-electron chi connectivity index (χ1n) is 3.61. The maximum absolute atomic E-state index is 11.2. The highest BCUT2D eigenvalue weighted by molar-refractivity contribution is 6.04. The summed E-state index contributed by atoms with van der Waals surface area (Å²) in [5, 5.41) is 0. The van der Waals surface area contributed by atoms with Crippen LogP contribution in [0.4, 0.5) is 4.79 Å². The number of amides is 3. The van der Waals surface area contributed by atoms with Gasteiger partial charge in [-0.2, -0.15) is 0 Å². The van der Waals surface area contributed by atoms with Gasteiger partial charge in [-0.15, -0.1) is 0 Å². The first-order chi connectivity index (χ1) is 5.59. The summed E-state index contributed by atoms with van der Waals surface area (Å²) < 4.78 is 0. The molecule has 1 aliphatic rings. The molecule has 3 amide bonds. The van der Waals surface area contributed by atoms with Crippen LogP contribution in [0.15, 0.2) is 0 Å². The Kier molecular flexibility index (Phi) is 2.12. The van der Waals surface area contributed by atoms with Gasteiger partial charge in [-0.3, -0.25) is 9.69 Å². The highest BCUT2D eigenvalue weighted by Gasteiger charge is 2.39. The molecule has 1 heterocycles. The van der Waals surface area contributed by atoms with E-state index in [1.807, 2.05) is 0 Å². The topological polar surface area (TPSA) is 57.7 Å². The average Bonchev–Trinajstić information content (AvgIpc) is 2.23. The predicted octanol–water partition coefficient (Wildman–Crippen LogP) is -0.532. The van der Waals surface area contributed by atoms with E-state index in [2.05, 4.69) is 0 Å². The van der Waals surface area contributed by atoms with E-state index in [9.17, 15) is 14.4 Å². The second-order valence-electron chi connectivity index (χ2n) is 2.68. The van der Waals surface area contributed by atoms with Gasteiger partial charge in [-0.25, -0.2) is 4.79 Å². The Balaban J connectivity index is 2.83. The van der Waals surface area contributed by atoms with Gasteiger partial charge in [0.25, 0.3) is 5.91 Å². The molecule has 12 heavy (non-hydrogen) atoms. The largest absolute Gasteiger partial charge is 0.327 e. The lowest BCUT2D eigenvalue weighted by Gasteiger charge is -2.10. The predicted molar refractivity (Wildman–Crippen MR) is 40.4 cm³/mol. The molecule has 0 bridgehead atoms. The Bertz CT molecular complexity index is 219. The van der Waals surface area contributed by atoms with Crippen LogP contribution in [-0.2, 0) is 9.59 Å². The zero-order valence-electron chi connectivity index (χ0n) is 6.98. The van der Waals surface area contributed by atoms with E-state index in [0.29, 0.717) is 6.29 Å². The van der Waals surface area contributed by atoms with Crippen LogP contribution in [0.3, 0.4) is 0 Å². The normalized spacial score (nSPS) is 23.7. The van der Waals surface area contributed by atoms with Gasteiger partial charge in [0.15, 0.2) is 0 Å². The van der Waals surface area contributed by atoms with Crippen molar-refractivity contribution in [3.8, 4) is 0 Å². The Morgan fingerprint density at radius 1 is 1.50 bits per heavy atom. The zero-order chi connectivity index (χ0) is 9.30. The van der Waals surface area contributed by atoms with Crippen molar-refractivity contribution in [2.24, 2.45) is 0 Å². The fraction of sp³-hybridized carbons (Fsp3) is 0.571. The van der Waals surface area contributed by atoms with Crippen LogP contribution < -0.4 is 0 Å². The summed E-state index contributed by atoms with van der Waals surface area (Å²) in [4.78, 5) is 34.8. The molecular formula is C7H10N2O3. The number of urea groups is 1.